The van der Waals surface area contributed by atoms with Gasteiger partial charge in [-0.2, -0.15) is 0 Å². The Morgan fingerprint density at radius 2 is 1.50 bits per heavy atom. The van der Waals surface area contributed by atoms with Gasteiger partial charge < -0.3 is 15.4 Å². The summed E-state index contributed by atoms with van der Waals surface area (Å²) in [5, 5.41) is 5.62. The Balaban J connectivity index is 1.71. The summed E-state index contributed by atoms with van der Waals surface area (Å²) in [6.45, 7) is 0.466. The lowest BCUT2D eigenvalue weighted by molar-refractivity contribution is -0.117. The Hall–Kier alpha value is -3.86. The van der Waals surface area contributed by atoms with Crippen LogP contribution in [0.15, 0.2) is 90.6 Å². The fourth-order valence-corrected chi connectivity index (χ4v) is 2.87. The zero-order chi connectivity index (χ0) is 21.2. The Morgan fingerprint density at radius 1 is 0.867 bits per heavy atom. The van der Waals surface area contributed by atoms with Gasteiger partial charge in [-0.15, -0.1) is 0 Å². The molecule has 0 atom stereocenters. The van der Waals surface area contributed by atoms with E-state index >= 15 is 0 Å². The molecule has 0 radical (unpaired) electrons. The quantitative estimate of drug-likeness (QED) is 0.565. The summed E-state index contributed by atoms with van der Waals surface area (Å²) in [5.74, 6) is -0.0417. The van der Waals surface area contributed by atoms with Crippen molar-refractivity contribution in [1.29, 1.82) is 0 Å². The Labute approximate surface area is 176 Å². The van der Waals surface area contributed by atoms with Crippen LogP contribution in [0.5, 0.6) is 5.75 Å². The summed E-state index contributed by atoms with van der Waals surface area (Å²) >= 11 is 0. The summed E-state index contributed by atoms with van der Waals surface area (Å²) in [6.07, 6.45) is 2.37. The van der Waals surface area contributed by atoms with Crippen LogP contribution in [-0.2, 0) is 11.2 Å². The molecule has 152 valence electrons. The number of carbonyl (C=O) groups is 2. The van der Waals surface area contributed by atoms with E-state index in [1.54, 1.807) is 37.5 Å². The average Bonchev–Trinajstić information content (AvgIpc) is 2.80. The van der Waals surface area contributed by atoms with Gasteiger partial charge in [-0.3, -0.25) is 9.59 Å². The lowest BCUT2D eigenvalue weighted by Gasteiger charge is -2.12. The fourth-order valence-electron chi connectivity index (χ4n) is 2.87. The normalized spacial score (nSPS) is 10.9. The molecule has 5 nitrogen and oxygen atoms in total. The molecule has 0 saturated carbocycles. The topological polar surface area (TPSA) is 67.4 Å². The number of rotatable bonds is 8. The van der Waals surface area contributed by atoms with Gasteiger partial charge in [-0.25, -0.2) is 0 Å². The Morgan fingerprint density at radius 3 is 2.13 bits per heavy atom. The highest BCUT2D eigenvalue weighted by atomic mass is 16.5. The number of hydrogen-bond donors (Lipinski definition) is 2. The number of ether oxygens (including phenoxy) is 1. The molecule has 0 fully saturated rings. The second kappa shape index (κ2) is 10.6. The number of amides is 2. The van der Waals surface area contributed by atoms with Gasteiger partial charge in [0, 0.05) is 12.1 Å². The number of nitrogens with one attached hydrogen (secondary N) is 2. The van der Waals surface area contributed by atoms with Crippen LogP contribution in [0.1, 0.15) is 21.5 Å². The minimum absolute atomic E-state index is 0.190. The van der Waals surface area contributed by atoms with Crippen molar-refractivity contribution in [3.8, 4) is 5.75 Å². The number of carbonyl (C=O) groups excluding carboxylic acids is 2. The van der Waals surface area contributed by atoms with Crippen molar-refractivity contribution < 1.29 is 14.3 Å². The van der Waals surface area contributed by atoms with E-state index in [-0.39, 0.29) is 17.5 Å². The van der Waals surface area contributed by atoms with Crippen molar-refractivity contribution in [1.82, 2.24) is 10.6 Å². The fraction of sp³-hybridized carbons (Fsp3) is 0.120. The highest BCUT2D eigenvalue weighted by Gasteiger charge is 2.14. The van der Waals surface area contributed by atoms with E-state index < -0.39 is 0 Å². The van der Waals surface area contributed by atoms with Gasteiger partial charge in [-0.1, -0.05) is 60.7 Å². The van der Waals surface area contributed by atoms with E-state index in [1.165, 1.54) is 0 Å². The molecule has 0 heterocycles. The predicted molar refractivity (Wildman–Crippen MR) is 118 cm³/mol. The van der Waals surface area contributed by atoms with Crippen LogP contribution in [0.25, 0.3) is 6.08 Å². The standard InChI is InChI=1S/C25H24N2O3/c1-30-22-14-12-21(13-15-22)24(28)27-23(18-20-10-6-3-7-11-20)25(29)26-17-16-19-8-4-2-5-9-19/h2-15,18H,16-17H2,1H3,(H,26,29)(H,27,28)/b23-18-. The van der Waals surface area contributed by atoms with E-state index in [9.17, 15) is 9.59 Å². The monoisotopic (exact) mass is 400 g/mol. The lowest BCUT2D eigenvalue weighted by Crippen LogP contribution is -2.35. The molecule has 30 heavy (non-hydrogen) atoms. The van der Waals surface area contributed by atoms with Crippen molar-refractivity contribution in [3.05, 3.63) is 107 Å². The molecule has 2 N–H and O–H groups in total. The zero-order valence-electron chi connectivity index (χ0n) is 16.8. The van der Waals surface area contributed by atoms with E-state index in [0.29, 0.717) is 24.3 Å². The maximum absolute atomic E-state index is 12.8. The highest BCUT2D eigenvalue weighted by molar-refractivity contribution is 6.05. The van der Waals surface area contributed by atoms with Gasteiger partial charge in [0.25, 0.3) is 11.8 Å². The predicted octanol–water partition coefficient (Wildman–Crippen LogP) is 3.83. The second-order valence-corrected chi connectivity index (χ2v) is 6.64. The smallest absolute Gasteiger partial charge is 0.267 e. The van der Waals surface area contributed by atoms with Crippen LogP contribution < -0.4 is 15.4 Å². The van der Waals surface area contributed by atoms with Gasteiger partial charge in [0.1, 0.15) is 11.4 Å². The maximum Gasteiger partial charge on any atom is 0.267 e. The van der Waals surface area contributed by atoms with Crippen LogP contribution in [0, 0.1) is 0 Å². The average molecular weight is 400 g/mol. The van der Waals surface area contributed by atoms with Crippen LogP contribution in [0.3, 0.4) is 0 Å². The molecule has 2 amide bonds. The first-order valence-corrected chi connectivity index (χ1v) is 9.70. The largest absolute Gasteiger partial charge is 0.497 e. The molecule has 0 aromatic heterocycles. The molecule has 0 bridgehead atoms. The molecule has 0 spiro atoms. The molecule has 0 unspecified atom stereocenters. The molecule has 3 rings (SSSR count). The molecule has 0 saturated heterocycles. The first-order chi connectivity index (χ1) is 14.7. The summed E-state index contributed by atoms with van der Waals surface area (Å²) in [7, 11) is 1.57. The van der Waals surface area contributed by atoms with E-state index in [4.69, 9.17) is 4.74 Å². The highest BCUT2D eigenvalue weighted by Crippen LogP contribution is 2.12. The van der Waals surface area contributed by atoms with Gasteiger partial charge in [0.05, 0.1) is 7.11 Å². The lowest BCUT2D eigenvalue weighted by atomic mass is 10.1. The van der Waals surface area contributed by atoms with E-state index in [0.717, 1.165) is 11.1 Å². The summed E-state index contributed by atoms with van der Waals surface area (Å²) in [5.41, 5.74) is 2.58. The number of hydrogen-bond acceptors (Lipinski definition) is 3. The van der Waals surface area contributed by atoms with Crippen LogP contribution in [0.4, 0.5) is 0 Å². The third kappa shape index (κ3) is 6.07. The molecular weight excluding hydrogens is 376 g/mol. The summed E-state index contributed by atoms with van der Waals surface area (Å²) < 4.78 is 5.12. The van der Waals surface area contributed by atoms with Crippen molar-refractivity contribution in [2.75, 3.05) is 13.7 Å². The van der Waals surface area contributed by atoms with Gasteiger partial charge >= 0.3 is 0 Å². The molecule has 3 aromatic carbocycles. The first-order valence-electron chi connectivity index (χ1n) is 9.70. The molecule has 0 aliphatic heterocycles. The Bertz CT molecular complexity index is 998. The zero-order valence-corrected chi connectivity index (χ0v) is 16.8. The summed E-state index contributed by atoms with van der Waals surface area (Å²) in [4.78, 5) is 25.5. The first kappa shape index (κ1) is 20.9. The van der Waals surface area contributed by atoms with Gasteiger partial charge in [-0.05, 0) is 47.9 Å². The van der Waals surface area contributed by atoms with Crippen molar-refractivity contribution in [2.24, 2.45) is 0 Å². The minimum atomic E-state index is -0.363. The molecule has 3 aromatic rings. The summed E-state index contributed by atoms with van der Waals surface area (Å²) in [6, 6.07) is 26.0. The van der Waals surface area contributed by atoms with E-state index in [1.807, 2.05) is 60.7 Å². The molecular formula is C25H24N2O3. The third-order valence-electron chi connectivity index (χ3n) is 4.50. The van der Waals surface area contributed by atoms with Gasteiger partial charge in [0.15, 0.2) is 0 Å². The SMILES string of the molecule is COc1ccc(C(=O)N/C(=C\c2ccccc2)C(=O)NCCc2ccccc2)cc1. The number of methoxy groups -OCH3 is 1. The molecule has 0 aliphatic rings. The van der Waals surface area contributed by atoms with Gasteiger partial charge in [0.2, 0.25) is 0 Å². The van der Waals surface area contributed by atoms with Crippen LogP contribution in [-0.4, -0.2) is 25.5 Å². The van der Waals surface area contributed by atoms with Crippen molar-refractivity contribution in [3.63, 3.8) is 0 Å². The maximum atomic E-state index is 12.8. The second-order valence-electron chi connectivity index (χ2n) is 6.64. The number of benzene rings is 3. The van der Waals surface area contributed by atoms with Crippen molar-refractivity contribution >= 4 is 17.9 Å². The Kier molecular flexibility index (Phi) is 7.39. The molecule has 5 heteroatoms. The van der Waals surface area contributed by atoms with Crippen LogP contribution in [0.2, 0.25) is 0 Å². The molecule has 0 aliphatic carbocycles. The van der Waals surface area contributed by atoms with Crippen LogP contribution >= 0.6 is 0 Å². The van der Waals surface area contributed by atoms with Crippen molar-refractivity contribution in [2.45, 2.75) is 6.42 Å². The third-order valence-corrected chi connectivity index (χ3v) is 4.50. The van der Waals surface area contributed by atoms with E-state index in [2.05, 4.69) is 10.6 Å². The minimum Gasteiger partial charge on any atom is -0.497 e.